The van der Waals surface area contributed by atoms with Gasteiger partial charge in [0.25, 0.3) is 0 Å². The van der Waals surface area contributed by atoms with Crippen molar-refractivity contribution >= 4 is 54.6 Å². The van der Waals surface area contributed by atoms with E-state index in [-0.39, 0.29) is 5.71 Å². The lowest BCUT2D eigenvalue weighted by atomic mass is 10.2. The third kappa shape index (κ3) is 4.09. The van der Waals surface area contributed by atoms with Crippen LogP contribution in [0.25, 0.3) is 11.3 Å². The van der Waals surface area contributed by atoms with Gasteiger partial charge in [-0.05, 0) is 36.4 Å². The van der Waals surface area contributed by atoms with Crippen molar-refractivity contribution in [2.45, 2.75) is 0 Å². The van der Waals surface area contributed by atoms with Crippen molar-refractivity contribution in [1.82, 2.24) is 4.98 Å². The van der Waals surface area contributed by atoms with Crippen LogP contribution < -0.4 is 5.43 Å². The molecule has 0 saturated heterocycles. The summed E-state index contributed by atoms with van der Waals surface area (Å²) in [5.74, 6) is 0. The molecule has 0 fully saturated rings. The molecule has 1 aromatic heterocycles. The number of hydrazone groups is 1. The summed E-state index contributed by atoms with van der Waals surface area (Å²) in [7, 11) is 0. The van der Waals surface area contributed by atoms with Crippen LogP contribution in [0.3, 0.4) is 0 Å². The van der Waals surface area contributed by atoms with Gasteiger partial charge >= 0.3 is 0 Å². The molecule has 118 valence electrons. The van der Waals surface area contributed by atoms with E-state index in [4.69, 9.17) is 0 Å². The molecule has 0 atom stereocenters. The summed E-state index contributed by atoms with van der Waals surface area (Å²) >= 11 is 8.19. The zero-order chi connectivity index (χ0) is 16.9. The van der Waals surface area contributed by atoms with Crippen molar-refractivity contribution in [2.75, 3.05) is 5.43 Å². The number of aromatic nitrogens is 1. The van der Waals surface area contributed by atoms with Gasteiger partial charge in [0.1, 0.15) is 6.07 Å². The first-order valence-corrected chi connectivity index (χ1v) is 9.33. The fraction of sp³-hybridized carbons (Fsp3) is 0. The van der Waals surface area contributed by atoms with Crippen LogP contribution >= 0.6 is 43.2 Å². The Bertz CT molecular complexity index is 909. The monoisotopic (exact) mass is 460 g/mol. The van der Waals surface area contributed by atoms with Crippen LogP contribution in [0, 0.1) is 11.3 Å². The van der Waals surface area contributed by atoms with Gasteiger partial charge in [-0.1, -0.05) is 44.0 Å². The molecular weight excluding hydrogens is 452 g/mol. The normalized spacial score (nSPS) is 11.1. The fourth-order valence-corrected chi connectivity index (χ4v) is 3.20. The van der Waals surface area contributed by atoms with Gasteiger partial charge in [0.15, 0.2) is 10.7 Å². The molecule has 2 aromatic carbocycles. The van der Waals surface area contributed by atoms with Crippen LogP contribution in [0.4, 0.5) is 5.69 Å². The summed E-state index contributed by atoms with van der Waals surface area (Å²) < 4.78 is 2.00. The van der Waals surface area contributed by atoms with Crippen molar-refractivity contribution in [3.8, 4) is 17.3 Å². The lowest BCUT2D eigenvalue weighted by molar-refractivity contribution is 1.31. The van der Waals surface area contributed by atoms with E-state index in [1.54, 1.807) is 0 Å². The molecule has 0 aliphatic heterocycles. The van der Waals surface area contributed by atoms with Crippen LogP contribution in [0.1, 0.15) is 5.01 Å². The second-order valence-corrected chi connectivity index (χ2v) is 7.43. The number of thiazole rings is 1. The molecule has 3 aromatic rings. The lowest BCUT2D eigenvalue weighted by Crippen LogP contribution is -2.01. The predicted molar refractivity (Wildman–Crippen MR) is 105 cm³/mol. The standard InChI is InChI=1S/C17H10Br2N4S/c18-12-3-1-11(2-4-12)16-10-24-17(21-16)15(9-20)23-22-14-7-5-13(19)6-8-14/h1-8,10,22H. The highest BCUT2D eigenvalue weighted by molar-refractivity contribution is 9.10. The van der Waals surface area contributed by atoms with E-state index in [1.165, 1.54) is 11.3 Å². The van der Waals surface area contributed by atoms with Crippen LogP contribution in [0.15, 0.2) is 68.0 Å². The molecule has 0 bridgehead atoms. The highest BCUT2D eigenvalue weighted by Crippen LogP contribution is 2.24. The molecule has 1 heterocycles. The Hall–Kier alpha value is -2.01. The van der Waals surface area contributed by atoms with Crippen LogP contribution in [-0.2, 0) is 0 Å². The highest BCUT2D eigenvalue weighted by Gasteiger charge is 2.10. The largest absolute Gasteiger partial charge is 0.277 e. The van der Waals surface area contributed by atoms with Gasteiger partial charge in [-0.3, -0.25) is 5.43 Å². The van der Waals surface area contributed by atoms with E-state index in [9.17, 15) is 5.26 Å². The van der Waals surface area contributed by atoms with E-state index >= 15 is 0 Å². The van der Waals surface area contributed by atoms with Gasteiger partial charge in [-0.2, -0.15) is 10.4 Å². The van der Waals surface area contributed by atoms with E-state index in [0.29, 0.717) is 5.01 Å². The van der Waals surface area contributed by atoms with Gasteiger partial charge in [-0.15, -0.1) is 11.3 Å². The number of nitrogens with zero attached hydrogens (tertiary/aromatic N) is 3. The van der Waals surface area contributed by atoms with Crippen molar-refractivity contribution in [3.05, 3.63) is 67.9 Å². The zero-order valence-corrected chi connectivity index (χ0v) is 16.2. The number of nitrogens with one attached hydrogen (secondary N) is 1. The number of halogens is 2. The van der Waals surface area contributed by atoms with E-state index in [0.717, 1.165) is 25.9 Å². The molecule has 3 rings (SSSR count). The zero-order valence-electron chi connectivity index (χ0n) is 12.2. The van der Waals surface area contributed by atoms with E-state index in [2.05, 4.69) is 53.4 Å². The van der Waals surface area contributed by atoms with Gasteiger partial charge in [0.2, 0.25) is 0 Å². The van der Waals surface area contributed by atoms with E-state index < -0.39 is 0 Å². The summed E-state index contributed by atoms with van der Waals surface area (Å²) in [4.78, 5) is 4.51. The number of rotatable bonds is 4. The lowest BCUT2D eigenvalue weighted by Gasteiger charge is -2.00. The number of anilines is 1. The third-order valence-electron chi connectivity index (χ3n) is 3.09. The van der Waals surface area contributed by atoms with Crippen molar-refractivity contribution in [2.24, 2.45) is 5.10 Å². The minimum absolute atomic E-state index is 0.256. The molecule has 0 aliphatic rings. The van der Waals surface area contributed by atoms with E-state index in [1.807, 2.05) is 53.9 Å². The third-order valence-corrected chi connectivity index (χ3v) is 5.00. The van der Waals surface area contributed by atoms with Crippen LogP contribution in [0.2, 0.25) is 0 Å². The molecule has 0 radical (unpaired) electrons. The summed E-state index contributed by atoms with van der Waals surface area (Å²) in [5.41, 5.74) is 5.77. The number of hydrogen-bond donors (Lipinski definition) is 1. The van der Waals surface area contributed by atoms with Crippen LogP contribution in [-0.4, -0.2) is 10.7 Å². The highest BCUT2D eigenvalue weighted by atomic mass is 79.9. The topological polar surface area (TPSA) is 61.1 Å². The summed E-state index contributed by atoms with van der Waals surface area (Å²) in [5, 5.41) is 16.0. The summed E-state index contributed by atoms with van der Waals surface area (Å²) in [6.07, 6.45) is 0. The van der Waals surface area contributed by atoms with Gasteiger partial charge in [0, 0.05) is 19.9 Å². The minimum atomic E-state index is 0.256. The summed E-state index contributed by atoms with van der Waals surface area (Å²) in [6.45, 7) is 0. The van der Waals surface area contributed by atoms with Gasteiger partial charge < -0.3 is 0 Å². The number of benzene rings is 2. The molecule has 4 nitrogen and oxygen atoms in total. The molecule has 0 aliphatic carbocycles. The molecule has 24 heavy (non-hydrogen) atoms. The summed E-state index contributed by atoms with van der Waals surface area (Å²) in [6, 6.07) is 17.5. The predicted octanol–water partition coefficient (Wildman–Crippen LogP) is 5.67. The molecular formula is C17H10Br2N4S. The Kier molecular flexibility index (Phi) is 5.41. The minimum Gasteiger partial charge on any atom is -0.277 e. The molecule has 1 N–H and O–H groups in total. The van der Waals surface area contributed by atoms with Crippen molar-refractivity contribution in [1.29, 1.82) is 5.26 Å². The second-order valence-electron chi connectivity index (χ2n) is 4.74. The Morgan fingerprint density at radius 2 is 1.67 bits per heavy atom. The average molecular weight is 462 g/mol. The Labute approximate surface area is 160 Å². The van der Waals surface area contributed by atoms with Gasteiger partial charge in [0.05, 0.1) is 11.4 Å². The average Bonchev–Trinajstić information content (AvgIpc) is 3.08. The molecule has 7 heteroatoms. The SMILES string of the molecule is N#CC(=NNc1ccc(Br)cc1)c1nc(-c2ccc(Br)cc2)cs1. The van der Waals surface area contributed by atoms with Gasteiger partial charge in [-0.25, -0.2) is 4.98 Å². The smallest absolute Gasteiger partial charge is 0.196 e. The maximum Gasteiger partial charge on any atom is 0.196 e. The first-order chi connectivity index (χ1) is 11.7. The first-order valence-electron chi connectivity index (χ1n) is 6.87. The number of hydrogen-bond acceptors (Lipinski definition) is 5. The van der Waals surface area contributed by atoms with Crippen LogP contribution in [0.5, 0.6) is 0 Å². The quantitative estimate of drug-likeness (QED) is 0.401. The molecule has 0 unspecified atom stereocenters. The maximum atomic E-state index is 9.35. The number of nitriles is 1. The Morgan fingerprint density at radius 3 is 2.29 bits per heavy atom. The first kappa shape index (κ1) is 16.8. The molecule has 0 amide bonds. The fourth-order valence-electron chi connectivity index (χ4n) is 1.90. The van der Waals surface area contributed by atoms with Crippen molar-refractivity contribution in [3.63, 3.8) is 0 Å². The Balaban J connectivity index is 1.81. The molecule has 0 spiro atoms. The second kappa shape index (κ2) is 7.71. The van der Waals surface area contributed by atoms with Crippen molar-refractivity contribution < 1.29 is 0 Å². The molecule has 0 saturated carbocycles. The Morgan fingerprint density at radius 1 is 1.04 bits per heavy atom. The maximum absolute atomic E-state index is 9.35.